The van der Waals surface area contributed by atoms with Gasteiger partial charge in [0.05, 0.1) is 17.6 Å². The first kappa shape index (κ1) is 16.8. The van der Waals surface area contributed by atoms with Crippen molar-refractivity contribution >= 4 is 11.8 Å². The van der Waals surface area contributed by atoms with Gasteiger partial charge in [0.1, 0.15) is 18.0 Å². The molecule has 2 rings (SSSR count). The SMILES string of the molecule is Cc1ncc(OCc2ccccc2)cc1NC(=O)OC(C)(C)C. The van der Waals surface area contributed by atoms with Crippen LogP contribution in [0.4, 0.5) is 10.5 Å². The normalized spacial score (nSPS) is 11.0. The zero-order valence-electron chi connectivity index (χ0n) is 13.9. The highest BCUT2D eigenvalue weighted by Crippen LogP contribution is 2.21. The predicted octanol–water partition coefficient (Wildman–Crippen LogP) is 4.32. The molecule has 0 spiro atoms. The number of benzene rings is 1. The Morgan fingerprint density at radius 2 is 1.91 bits per heavy atom. The van der Waals surface area contributed by atoms with E-state index >= 15 is 0 Å². The molecule has 0 saturated carbocycles. The van der Waals surface area contributed by atoms with Crippen LogP contribution in [0.3, 0.4) is 0 Å². The molecule has 0 radical (unpaired) electrons. The summed E-state index contributed by atoms with van der Waals surface area (Å²) in [6, 6.07) is 11.6. The lowest BCUT2D eigenvalue weighted by Gasteiger charge is -2.20. The van der Waals surface area contributed by atoms with Crippen molar-refractivity contribution in [1.82, 2.24) is 4.98 Å². The van der Waals surface area contributed by atoms with Crippen molar-refractivity contribution in [3.8, 4) is 5.75 Å². The van der Waals surface area contributed by atoms with E-state index < -0.39 is 11.7 Å². The highest BCUT2D eigenvalue weighted by atomic mass is 16.6. The predicted molar refractivity (Wildman–Crippen MR) is 89.6 cm³/mol. The third-order valence-corrected chi connectivity index (χ3v) is 2.95. The molecule has 0 aliphatic heterocycles. The van der Waals surface area contributed by atoms with Gasteiger partial charge in [0, 0.05) is 6.07 Å². The molecule has 0 fully saturated rings. The second-order valence-corrected chi connectivity index (χ2v) is 6.21. The van der Waals surface area contributed by atoms with Gasteiger partial charge in [-0.1, -0.05) is 30.3 Å². The maximum atomic E-state index is 11.9. The Morgan fingerprint density at radius 3 is 2.57 bits per heavy atom. The lowest BCUT2D eigenvalue weighted by molar-refractivity contribution is 0.0635. The molecule has 0 atom stereocenters. The molecule has 122 valence electrons. The van der Waals surface area contributed by atoms with E-state index in [9.17, 15) is 4.79 Å². The summed E-state index contributed by atoms with van der Waals surface area (Å²) < 4.78 is 11.0. The van der Waals surface area contributed by atoms with Crippen LogP contribution < -0.4 is 10.1 Å². The number of aryl methyl sites for hydroxylation is 1. The molecule has 1 aromatic carbocycles. The third-order valence-electron chi connectivity index (χ3n) is 2.95. The van der Waals surface area contributed by atoms with E-state index in [1.807, 2.05) is 58.0 Å². The fourth-order valence-electron chi connectivity index (χ4n) is 1.87. The van der Waals surface area contributed by atoms with Crippen LogP contribution in [0, 0.1) is 6.92 Å². The summed E-state index contributed by atoms with van der Waals surface area (Å²) in [5.74, 6) is 0.588. The summed E-state index contributed by atoms with van der Waals surface area (Å²) in [5, 5.41) is 2.70. The van der Waals surface area contributed by atoms with Crippen LogP contribution >= 0.6 is 0 Å². The maximum Gasteiger partial charge on any atom is 0.412 e. The average Bonchev–Trinajstić information content (AvgIpc) is 2.47. The van der Waals surface area contributed by atoms with Crippen LogP contribution in [-0.2, 0) is 11.3 Å². The number of aromatic nitrogens is 1. The van der Waals surface area contributed by atoms with Crippen molar-refractivity contribution in [1.29, 1.82) is 0 Å². The van der Waals surface area contributed by atoms with Crippen molar-refractivity contribution in [2.24, 2.45) is 0 Å². The van der Waals surface area contributed by atoms with Crippen LogP contribution in [0.2, 0.25) is 0 Å². The van der Waals surface area contributed by atoms with Crippen LogP contribution in [0.1, 0.15) is 32.0 Å². The number of rotatable bonds is 4. The molecule has 0 unspecified atom stereocenters. The van der Waals surface area contributed by atoms with E-state index in [0.29, 0.717) is 23.7 Å². The topological polar surface area (TPSA) is 60.5 Å². The minimum Gasteiger partial charge on any atom is -0.487 e. The molecule has 0 aliphatic carbocycles. The van der Waals surface area contributed by atoms with Crippen LogP contribution in [0.5, 0.6) is 5.75 Å². The van der Waals surface area contributed by atoms with E-state index in [0.717, 1.165) is 5.56 Å². The summed E-state index contributed by atoms with van der Waals surface area (Å²) in [6.07, 6.45) is 1.13. The number of nitrogens with zero attached hydrogens (tertiary/aromatic N) is 1. The van der Waals surface area contributed by atoms with Crippen molar-refractivity contribution in [2.45, 2.75) is 39.9 Å². The molecule has 23 heavy (non-hydrogen) atoms. The smallest absolute Gasteiger partial charge is 0.412 e. The Balaban J connectivity index is 2.02. The van der Waals surface area contributed by atoms with E-state index in [-0.39, 0.29) is 0 Å². The molecule has 1 heterocycles. The molecule has 0 aliphatic rings. The number of hydrogen-bond donors (Lipinski definition) is 1. The number of pyridine rings is 1. The van der Waals surface area contributed by atoms with Gasteiger partial charge in [0.25, 0.3) is 0 Å². The van der Waals surface area contributed by atoms with Gasteiger partial charge in [0.2, 0.25) is 0 Å². The van der Waals surface area contributed by atoms with Crippen molar-refractivity contribution < 1.29 is 14.3 Å². The first-order valence-corrected chi connectivity index (χ1v) is 7.47. The Labute approximate surface area is 136 Å². The summed E-state index contributed by atoms with van der Waals surface area (Å²) in [5.41, 5.74) is 1.79. The van der Waals surface area contributed by atoms with E-state index in [1.165, 1.54) is 0 Å². The van der Waals surface area contributed by atoms with Crippen molar-refractivity contribution in [3.05, 3.63) is 53.9 Å². The highest BCUT2D eigenvalue weighted by molar-refractivity contribution is 5.85. The average molecular weight is 314 g/mol. The largest absolute Gasteiger partial charge is 0.487 e. The summed E-state index contributed by atoms with van der Waals surface area (Å²) >= 11 is 0. The van der Waals surface area contributed by atoms with Gasteiger partial charge in [-0.15, -0.1) is 0 Å². The molecule has 5 heteroatoms. The monoisotopic (exact) mass is 314 g/mol. The van der Waals surface area contributed by atoms with Gasteiger partial charge in [-0.2, -0.15) is 0 Å². The first-order valence-electron chi connectivity index (χ1n) is 7.47. The molecule has 2 aromatic rings. The number of carbonyl (C=O) groups excluding carboxylic acids is 1. The quantitative estimate of drug-likeness (QED) is 0.913. The minimum absolute atomic E-state index is 0.442. The standard InChI is InChI=1S/C18H22N2O3/c1-13-16(20-17(21)23-18(2,3)4)10-15(11-19-13)22-12-14-8-6-5-7-9-14/h5-11H,12H2,1-4H3,(H,20,21). The van der Waals surface area contributed by atoms with Crippen LogP contribution in [0.15, 0.2) is 42.6 Å². The molecule has 0 bridgehead atoms. The first-order chi connectivity index (χ1) is 10.8. The summed E-state index contributed by atoms with van der Waals surface area (Å²) in [6.45, 7) is 7.70. The molecule has 1 N–H and O–H groups in total. The Hall–Kier alpha value is -2.56. The molecular formula is C18H22N2O3. The van der Waals surface area contributed by atoms with Crippen molar-refractivity contribution in [2.75, 3.05) is 5.32 Å². The minimum atomic E-state index is -0.549. The van der Waals surface area contributed by atoms with E-state index in [2.05, 4.69) is 10.3 Å². The zero-order chi connectivity index (χ0) is 16.9. The number of ether oxygens (including phenoxy) is 2. The summed E-state index contributed by atoms with van der Waals surface area (Å²) in [4.78, 5) is 16.1. The highest BCUT2D eigenvalue weighted by Gasteiger charge is 2.17. The second-order valence-electron chi connectivity index (χ2n) is 6.21. The third kappa shape index (κ3) is 5.62. The number of anilines is 1. The van der Waals surface area contributed by atoms with Crippen LogP contribution in [0.25, 0.3) is 0 Å². The van der Waals surface area contributed by atoms with E-state index in [4.69, 9.17) is 9.47 Å². The van der Waals surface area contributed by atoms with Gasteiger partial charge >= 0.3 is 6.09 Å². The summed E-state index contributed by atoms with van der Waals surface area (Å²) in [7, 11) is 0. The molecule has 1 amide bonds. The van der Waals surface area contributed by atoms with E-state index in [1.54, 1.807) is 12.3 Å². The Bertz CT molecular complexity index is 664. The fraction of sp³-hybridized carbons (Fsp3) is 0.333. The number of hydrogen-bond acceptors (Lipinski definition) is 4. The lowest BCUT2D eigenvalue weighted by Crippen LogP contribution is -2.27. The van der Waals surface area contributed by atoms with Gasteiger partial charge in [0.15, 0.2) is 0 Å². The van der Waals surface area contributed by atoms with Gasteiger partial charge < -0.3 is 9.47 Å². The van der Waals surface area contributed by atoms with Gasteiger partial charge in [-0.05, 0) is 33.3 Å². The molecule has 5 nitrogen and oxygen atoms in total. The number of amides is 1. The van der Waals surface area contributed by atoms with Gasteiger partial charge in [-0.25, -0.2) is 4.79 Å². The Kier molecular flexibility index (Phi) is 5.21. The molecular weight excluding hydrogens is 292 g/mol. The molecule has 0 saturated heterocycles. The van der Waals surface area contributed by atoms with Crippen molar-refractivity contribution in [3.63, 3.8) is 0 Å². The zero-order valence-corrected chi connectivity index (χ0v) is 13.9. The second kappa shape index (κ2) is 7.13. The number of carbonyl (C=O) groups is 1. The van der Waals surface area contributed by atoms with Gasteiger partial charge in [-0.3, -0.25) is 10.3 Å². The maximum absolute atomic E-state index is 11.9. The lowest BCUT2D eigenvalue weighted by atomic mass is 10.2. The fourth-order valence-corrected chi connectivity index (χ4v) is 1.87. The van der Waals surface area contributed by atoms with Crippen LogP contribution in [-0.4, -0.2) is 16.7 Å². The number of nitrogens with one attached hydrogen (secondary N) is 1. The Morgan fingerprint density at radius 1 is 1.22 bits per heavy atom. The molecule has 1 aromatic heterocycles.